The molecule has 23 heavy (non-hydrogen) atoms. The van der Waals surface area contributed by atoms with E-state index in [0.717, 1.165) is 5.75 Å². The fraction of sp³-hybridized carbons (Fsp3) is 0.357. The van der Waals surface area contributed by atoms with Gasteiger partial charge in [0.2, 0.25) is 0 Å². The minimum Gasteiger partial charge on any atom is -0.492 e. The smallest absolute Gasteiger partial charge is 0.336 e. The van der Waals surface area contributed by atoms with Crippen LogP contribution in [0.3, 0.4) is 0 Å². The van der Waals surface area contributed by atoms with Crippen molar-refractivity contribution in [2.75, 3.05) is 13.2 Å². The summed E-state index contributed by atoms with van der Waals surface area (Å²) in [7, 11) is 0. The van der Waals surface area contributed by atoms with Crippen LogP contribution in [-0.2, 0) is 14.4 Å². The number of benzene rings is 1. The summed E-state index contributed by atoms with van der Waals surface area (Å²) in [6.45, 7) is 1.15. The first-order valence-corrected chi connectivity index (χ1v) is 6.48. The second kappa shape index (κ2) is 10.1. The van der Waals surface area contributed by atoms with Crippen molar-refractivity contribution in [2.24, 2.45) is 5.73 Å². The summed E-state index contributed by atoms with van der Waals surface area (Å²) in [6, 6.07) is 9.65. The Bertz CT molecular complexity index is 501. The fourth-order valence-electron chi connectivity index (χ4n) is 1.41. The Labute approximate surface area is 131 Å². The maximum absolute atomic E-state index is 10.3. The maximum Gasteiger partial charge on any atom is 0.336 e. The van der Waals surface area contributed by atoms with Crippen molar-refractivity contribution < 1.29 is 39.5 Å². The van der Waals surface area contributed by atoms with E-state index in [4.69, 9.17) is 30.9 Å². The van der Waals surface area contributed by atoms with Crippen LogP contribution in [0.1, 0.15) is 12.8 Å². The number of carboxylic acids is 3. The largest absolute Gasteiger partial charge is 0.492 e. The number of hydrogen-bond donors (Lipinski definition) is 5. The highest BCUT2D eigenvalue weighted by molar-refractivity contribution is 5.88. The summed E-state index contributed by atoms with van der Waals surface area (Å²) < 4.78 is 5.23. The summed E-state index contributed by atoms with van der Waals surface area (Å²) in [5.41, 5.74) is 2.51. The summed E-state index contributed by atoms with van der Waals surface area (Å²) in [6.07, 6.45) is -2.29. The lowest BCUT2D eigenvalue weighted by Gasteiger charge is -2.18. The fourth-order valence-corrected chi connectivity index (χ4v) is 1.41. The van der Waals surface area contributed by atoms with Crippen molar-refractivity contribution in [3.05, 3.63) is 30.3 Å². The number of hydrogen-bond acceptors (Lipinski definition) is 6. The van der Waals surface area contributed by atoms with Gasteiger partial charge in [0.25, 0.3) is 0 Å². The molecule has 0 aliphatic carbocycles. The van der Waals surface area contributed by atoms with E-state index in [-0.39, 0.29) is 0 Å². The molecule has 0 spiro atoms. The van der Waals surface area contributed by atoms with Gasteiger partial charge in [-0.25, -0.2) is 4.79 Å². The average Bonchev–Trinajstić information content (AvgIpc) is 2.45. The number of carbonyl (C=O) groups is 3. The summed E-state index contributed by atoms with van der Waals surface area (Å²) >= 11 is 0. The molecule has 0 heterocycles. The summed E-state index contributed by atoms with van der Waals surface area (Å²) in [5, 5.41) is 33.8. The molecule has 0 atom stereocenters. The molecule has 9 heteroatoms. The molecular weight excluding hydrogens is 310 g/mol. The molecule has 0 radical (unpaired) electrons. The van der Waals surface area contributed by atoms with E-state index in [1.54, 1.807) is 0 Å². The number of aliphatic carboxylic acids is 3. The highest BCUT2D eigenvalue weighted by Gasteiger charge is 2.40. The zero-order valence-electron chi connectivity index (χ0n) is 12.2. The molecule has 0 unspecified atom stereocenters. The molecule has 0 aromatic heterocycles. The van der Waals surface area contributed by atoms with Crippen LogP contribution in [0.25, 0.3) is 0 Å². The molecule has 6 N–H and O–H groups in total. The highest BCUT2D eigenvalue weighted by Crippen LogP contribution is 2.15. The van der Waals surface area contributed by atoms with Crippen LogP contribution in [0.15, 0.2) is 30.3 Å². The van der Waals surface area contributed by atoms with Gasteiger partial charge >= 0.3 is 17.9 Å². The van der Waals surface area contributed by atoms with Crippen molar-refractivity contribution in [2.45, 2.75) is 18.4 Å². The lowest BCUT2D eigenvalue weighted by Crippen LogP contribution is -2.42. The Morgan fingerprint density at radius 3 is 1.83 bits per heavy atom. The van der Waals surface area contributed by atoms with Crippen LogP contribution in [0, 0.1) is 0 Å². The van der Waals surface area contributed by atoms with Gasteiger partial charge in [-0.15, -0.1) is 0 Å². The highest BCUT2D eigenvalue weighted by atomic mass is 16.5. The van der Waals surface area contributed by atoms with Crippen molar-refractivity contribution in [3.63, 3.8) is 0 Å². The van der Waals surface area contributed by atoms with Gasteiger partial charge in [0.15, 0.2) is 5.60 Å². The molecular formula is C14H19NO8. The number of ether oxygens (including phenoxy) is 1. The minimum absolute atomic E-state index is 0.564. The average molecular weight is 329 g/mol. The van der Waals surface area contributed by atoms with Crippen LogP contribution in [0.2, 0.25) is 0 Å². The standard InChI is InChI=1S/C8H11NO.C6H8O7/c9-6-7-10-8-4-2-1-3-5-8;7-3(8)1-6(13,5(11)12)2-4(9)10/h1-5H,6-7,9H2;13H,1-2H2,(H,7,8)(H,9,10)(H,11,12). The lowest BCUT2D eigenvalue weighted by molar-refractivity contribution is -0.170. The van der Waals surface area contributed by atoms with E-state index in [2.05, 4.69) is 0 Å². The molecule has 0 saturated heterocycles. The van der Waals surface area contributed by atoms with Gasteiger partial charge in [0, 0.05) is 6.54 Å². The van der Waals surface area contributed by atoms with Gasteiger partial charge in [-0.2, -0.15) is 0 Å². The Balaban J connectivity index is 0.000000433. The van der Waals surface area contributed by atoms with E-state index in [9.17, 15) is 14.4 Å². The van der Waals surface area contributed by atoms with Crippen molar-refractivity contribution in [3.8, 4) is 5.75 Å². The van der Waals surface area contributed by atoms with E-state index >= 15 is 0 Å². The van der Waals surface area contributed by atoms with E-state index in [1.807, 2.05) is 30.3 Å². The molecule has 0 aliphatic heterocycles. The molecule has 1 aromatic carbocycles. The van der Waals surface area contributed by atoms with Gasteiger partial charge in [-0.1, -0.05) is 18.2 Å². The predicted molar refractivity (Wildman–Crippen MR) is 78.1 cm³/mol. The van der Waals surface area contributed by atoms with Crippen LogP contribution < -0.4 is 10.5 Å². The predicted octanol–water partition coefficient (Wildman–Crippen LogP) is -0.224. The number of nitrogens with two attached hydrogens (primary N) is 1. The first kappa shape index (κ1) is 20.3. The van der Waals surface area contributed by atoms with Crippen molar-refractivity contribution >= 4 is 17.9 Å². The van der Waals surface area contributed by atoms with Crippen LogP contribution in [0.5, 0.6) is 5.75 Å². The first-order valence-electron chi connectivity index (χ1n) is 6.48. The Hall–Kier alpha value is -2.65. The Morgan fingerprint density at radius 1 is 1.00 bits per heavy atom. The number of rotatable bonds is 8. The van der Waals surface area contributed by atoms with Gasteiger partial charge in [0.05, 0.1) is 12.8 Å². The number of carboxylic acid groups (broad SMARTS) is 3. The molecule has 1 rings (SSSR count). The normalized spacial score (nSPS) is 10.2. The van der Waals surface area contributed by atoms with Gasteiger partial charge in [0.1, 0.15) is 12.4 Å². The van der Waals surface area contributed by atoms with Crippen LogP contribution >= 0.6 is 0 Å². The van der Waals surface area contributed by atoms with E-state index in [0.29, 0.717) is 13.2 Å². The molecule has 0 amide bonds. The summed E-state index contributed by atoms with van der Waals surface area (Å²) in [4.78, 5) is 30.5. The number of para-hydroxylation sites is 1. The van der Waals surface area contributed by atoms with Crippen LogP contribution in [0.4, 0.5) is 0 Å². The molecule has 9 nitrogen and oxygen atoms in total. The molecule has 0 aliphatic rings. The maximum atomic E-state index is 10.3. The van der Waals surface area contributed by atoms with E-state index < -0.39 is 36.4 Å². The SMILES string of the molecule is NCCOc1ccccc1.O=C(O)CC(O)(CC(=O)O)C(=O)O. The van der Waals surface area contributed by atoms with Gasteiger partial charge in [-0.05, 0) is 12.1 Å². The second-order valence-electron chi connectivity index (χ2n) is 4.43. The zero-order valence-corrected chi connectivity index (χ0v) is 12.2. The van der Waals surface area contributed by atoms with Gasteiger partial charge in [-0.3, -0.25) is 9.59 Å². The molecule has 128 valence electrons. The third-order valence-corrected chi connectivity index (χ3v) is 2.42. The molecule has 1 aromatic rings. The second-order valence-corrected chi connectivity index (χ2v) is 4.43. The topological polar surface area (TPSA) is 167 Å². The number of aliphatic hydroxyl groups is 1. The Morgan fingerprint density at radius 2 is 1.48 bits per heavy atom. The monoisotopic (exact) mass is 329 g/mol. The first-order chi connectivity index (χ1) is 10.7. The third-order valence-electron chi connectivity index (χ3n) is 2.42. The molecule has 0 saturated carbocycles. The minimum atomic E-state index is -2.74. The molecule has 0 bridgehead atoms. The van der Waals surface area contributed by atoms with Crippen LogP contribution in [-0.4, -0.2) is 57.1 Å². The summed E-state index contributed by atoms with van der Waals surface area (Å²) in [5.74, 6) is -4.14. The lowest BCUT2D eigenvalue weighted by atomic mass is 9.96. The zero-order chi connectivity index (χ0) is 17.9. The van der Waals surface area contributed by atoms with Gasteiger partial charge < -0.3 is 30.9 Å². The third kappa shape index (κ3) is 9.06. The van der Waals surface area contributed by atoms with Crippen molar-refractivity contribution in [1.82, 2.24) is 0 Å². The van der Waals surface area contributed by atoms with Crippen molar-refractivity contribution in [1.29, 1.82) is 0 Å². The van der Waals surface area contributed by atoms with E-state index in [1.165, 1.54) is 0 Å². The Kier molecular flexibility index (Phi) is 8.97. The molecule has 0 fully saturated rings. The quantitative estimate of drug-likeness (QED) is 0.433.